The number of fused-ring (bicyclic) bond motifs is 3. The predicted octanol–water partition coefficient (Wildman–Crippen LogP) is 4.24. The lowest BCUT2D eigenvalue weighted by atomic mass is 9.90. The van der Waals surface area contributed by atoms with E-state index in [1.165, 1.54) is 0 Å². The number of rotatable bonds is 7. The summed E-state index contributed by atoms with van der Waals surface area (Å²) in [5.41, 5.74) is 2.19. The number of aromatic nitrogens is 4. The molecule has 1 aliphatic rings. The van der Waals surface area contributed by atoms with Crippen LogP contribution in [0, 0.1) is 0 Å². The van der Waals surface area contributed by atoms with Crippen molar-refractivity contribution < 1.29 is 26.3 Å². The maximum absolute atomic E-state index is 12.5. The standard InChI is InChI=1S/C20H24F6N6/c21-19(22,23)10-27-7-6-16-31-15-9-29-18-14(5-8-28-18)17(15)32(16)13-3-1-12(2-4-13)30-11-20(24,25)26/h5,8-9,12-13,27,30H,1-4,6-7,10-11H2,(H,28,29)/t12-,13-. The molecule has 176 valence electrons. The summed E-state index contributed by atoms with van der Waals surface area (Å²) in [4.78, 5) is 12.0. The molecule has 3 aromatic rings. The number of H-pyrrole nitrogens is 1. The van der Waals surface area contributed by atoms with Crippen molar-refractivity contribution in [3.8, 4) is 0 Å². The molecule has 12 heteroatoms. The predicted molar refractivity (Wildman–Crippen MR) is 107 cm³/mol. The SMILES string of the molecule is FC(F)(F)CNCCc1nc2cnc3[nH]ccc3c2n1[C@H]1CC[C@H](NCC(F)(F)F)CC1. The van der Waals surface area contributed by atoms with E-state index in [0.717, 1.165) is 10.9 Å². The maximum atomic E-state index is 12.5. The van der Waals surface area contributed by atoms with Crippen LogP contribution >= 0.6 is 0 Å². The van der Waals surface area contributed by atoms with Crippen molar-refractivity contribution in [3.63, 3.8) is 0 Å². The molecule has 0 spiro atoms. The van der Waals surface area contributed by atoms with E-state index < -0.39 is 25.4 Å². The lowest BCUT2D eigenvalue weighted by Gasteiger charge is -2.31. The first-order valence-corrected chi connectivity index (χ1v) is 10.5. The Morgan fingerprint density at radius 1 is 1.03 bits per heavy atom. The van der Waals surface area contributed by atoms with Gasteiger partial charge in [0, 0.05) is 36.6 Å². The van der Waals surface area contributed by atoms with Crippen molar-refractivity contribution in [2.45, 2.75) is 56.5 Å². The lowest BCUT2D eigenvalue weighted by molar-refractivity contribution is -0.127. The van der Waals surface area contributed by atoms with Crippen LogP contribution in [0.1, 0.15) is 37.5 Å². The van der Waals surface area contributed by atoms with E-state index >= 15 is 0 Å². The summed E-state index contributed by atoms with van der Waals surface area (Å²) in [5, 5.41) is 5.84. The first-order valence-electron chi connectivity index (χ1n) is 10.5. The van der Waals surface area contributed by atoms with Crippen molar-refractivity contribution in [2.75, 3.05) is 19.6 Å². The fourth-order valence-electron chi connectivity index (χ4n) is 4.44. The van der Waals surface area contributed by atoms with Crippen LogP contribution in [0.2, 0.25) is 0 Å². The van der Waals surface area contributed by atoms with E-state index in [-0.39, 0.29) is 18.6 Å². The molecule has 3 N–H and O–H groups in total. The van der Waals surface area contributed by atoms with Gasteiger partial charge in [0.2, 0.25) is 0 Å². The molecular formula is C20H24F6N6. The Kier molecular flexibility index (Phi) is 6.35. The molecule has 4 rings (SSSR count). The second-order valence-corrected chi connectivity index (χ2v) is 8.17. The Morgan fingerprint density at radius 2 is 1.75 bits per heavy atom. The van der Waals surface area contributed by atoms with E-state index in [2.05, 4.69) is 30.2 Å². The lowest BCUT2D eigenvalue weighted by Crippen LogP contribution is -2.39. The smallest absolute Gasteiger partial charge is 0.346 e. The number of nitrogens with one attached hydrogen (secondary N) is 3. The molecule has 0 amide bonds. The molecule has 0 bridgehead atoms. The Balaban J connectivity index is 1.55. The number of alkyl halides is 6. The number of aromatic amines is 1. The molecule has 0 atom stereocenters. The maximum Gasteiger partial charge on any atom is 0.401 e. The molecule has 0 saturated heterocycles. The molecule has 32 heavy (non-hydrogen) atoms. The molecular weight excluding hydrogens is 438 g/mol. The summed E-state index contributed by atoms with van der Waals surface area (Å²) in [6, 6.07) is 1.67. The van der Waals surface area contributed by atoms with Crippen molar-refractivity contribution in [2.24, 2.45) is 0 Å². The molecule has 0 aromatic carbocycles. The summed E-state index contributed by atoms with van der Waals surface area (Å²) >= 11 is 0. The average molecular weight is 462 g/mol. The quantitative estimate of drug-likeness (QED) is 0.363. The normalized spacial score (nSPS) is 20.4. The highest BCUT2D eigenvalue weighted by atomic mass is 19.4. The summed E-state index contributed by atoms with van der Waals surface area (Å²) < 4.78 is 77.0. The van der Waals surface area contributed by atoms with Gasteiger partial charge in [0.15, 0.2) is 0 Å². The number of pyridine rings is 1. The average Bonchev–Trinajstić information content (AvgIpc) is 3.32. The number of hydrogen-bond donors (Lipinski definition) is 3. The third-order valence-corrected chi connectivity index (χ3v) is 5.81. The van der Waals surface area contributed by atoms with Crippen LogP contribution in [-0.4, -0.2) is 57.5 Å². The molecule has 3 aromatic heterocycles. The van der Waals surface area contributed by atoms with Crippen molar-refractivity contribution >= 4 is 22.1 Å². The van der Waals surface area contributed by atoms with Gasteiger partial charge in [-0.3, -0.25) is 0 Å². The number of nitrogens with zero attached hydrogens (tertiary/aromatic N) is 3. The molecule has 0 aliphatic heterocycles. The van der Waals surface area contributed by atoms with Gasteiger partial charge in [0.1, 0.15) is 17.0 Å². The van der Waals surface area contributed by atoms with Crippen LogP contribution in [0.4, 0.5) is 26.3 Å². The Bertz CT molecular complexity index is 1040. The zero-order chi connectivity index (χ0) is 22.9. The van der Waals surface area contributed by atoms with Crippen LogP contribution in [0.5, 0.6) is 0 Å². The Hall–Kier alpha value is -2.34. The van der Waals surface area contributed by atoms with E-state index in [1.54, 1.807) is 12.4 Å². The zero-order valence-corrected chi connectivity index (χ0v) is 17.2. The van der Waals surface area contributed by atoms with Gasteiger partial charge in [0.05, 0.1) is 24.8 Å². The summed E-state index contributed by atoms with van der Waals surface area (Å²) in [7, 11) is 0. The van der Waals surface area contributed by atoms with Crippen LogP contribution < -0.4 is 10.6 Å². The molecule has 1 aliphatic carbocycles. The Labute approximate surface area is 179 Å². The van der Waals surface area contributed by atoms with E-state index in [1.807, 2.05) is 6.07 Å². The highest BCUT2D eigenvalue weighted by molar-refractivity contribution is 6.01. The molecule has 1 saturated carbocycles. The molecule has 1 fully saturated rings. The summed E-state index contributed by atoms with van der Waals surface area (Å²) in [6.45, 7) is -1.98. The number of hydrogen-bond acceptors (Lipinski definition) is 4. The van der Waals surface area contributed by atoms with Gasteiger partial charge in [-0.25, -0.2) is 9.97 Å². The van der Waals surface area contributed by atoms with Crippen LogP contribution in [0.25, 0.3) is 22.1 Å². The van der Waals surface area contributed by atoms with Gasteiger partial charge in [-0.1, -0.05) is 0 Å². The Morgan fingerprint density at radius 3 is 2.44 bits per heavy atom. The van der Waals surface area contributed by atoms with E-state index in [0.29, 0.717) is 49.1 Å². The topological polar surface area (TPSA) is 70.6 Å². The monoisotopic (exact) mass is 462 g/mol. The fourth-order valence-corrected chi connectivity index (χ4v) is 4.44. The van der Waals surface area contributed by atoms with Gasteiger partial charge < -0.3 is 20.2 Å². The third kappa shape index (κ3) is 5.34. The van der Waals surface area contributed by atoms with Crippen molar-refractivity contribution in [1.82, 2.24) is 30.2 Å². The minimum atomic E-state index is -4.29. The first-order chi connectivity index (χ1) is 15.1. The second-order valence-electron chi connectivity index (χ2n) is 8.17. The van der Waals surface area contributed by atoms with Gasteiger partial charge in [-0.15, -0.1) is 0 Å². The third-order valence-electron chi connectivity index (χ3n) is 5.81. The number of imidazole rings is 1. The van der Waals surface area contributed by atoms with Gasteiger partial charge in [-0.2, -0.15) is 26.3 Å². The van der Waals surface area contributed by atoms with Crippen LogP contribution in [0.3, 0.4) is 0 Å². The van der Waals surface area contributed by atoms with Gasteiger partial charge >= 0.3 is 12.4 Å². The minimum absolute atomic E-state index is 0.00190. The van der Waals surface area contributed by atoms with Gasteiger partial charge in [-0.05, 0) is 31.7 Å². The molecule has 6 nitrogen and oxygen atoms in total. The largest absolute Gasteiger partial charge is 0.401 e. The zero-order valence-electron chi connectivity index (χ0n) is 17.2. The van der Waals surface area contributed by atoms with E-state index in [9.17, 15) is 26.3 Å². The fraction of sp³-hybridized carbons (Fsp3) is 0.600. The molecule has 0 unspecified atom stereocenters. The van der Waals surface area contributed by atoms with Gasteiger partial charge in [0.25, 0.3) is 0 Å². The first kappa shape index (κ1) is 22.8. The van der Waals surface area contributed by atoms with Crippen LogP contribution in [-0.2, 0) is 6.42 Å². The second kappa shape index (κ2) is 8.89. The molecule has 0 radical (unpaired) electrons. The minimum Gasteiger partial charge on any atom is -0.346 e. The summed E-state index contributed by atoms with van der Waals surface area (Å²) in [6.07, 6.45) is -2.39. The van der Waals surface area contributed by atoms with Crippen molar-refractivity contribution in [3.05, 3.63) is 24.3 Å². The van der Waals surface area contributed by atoms with E-state index in [4.69, 9.17) is 0 Å². The summed E-state index contributed by atoms with van der Waals surface area (Å²) in [5.74, 6) is 0.650. The van der Waals surface area contributed by atoms with Crippen molar-refractivity contribution in [1.29, 1.82) is 0 Å². The number of halogens is 6. The van der Waals surface area contributed by atoms with Crippen LogP contribution in [0.15, 0.2) is 18.5 Å². The highest BCUT2D eigenvalue weighted by Gasteiger charge is 2.31. The highest BCUT2D eigenvalue weighted by Crippen LogP contribution is 2.35. The molecule has 3 heterocycles.